The van der Waals surface area contributed by atoms with Crippen molar-refractivity contribution in [3.8, 4) is 0 Å². The molecule has 0 unspecified atom stereocenters. The van der Waals surface area contributed by atoms with Crippen LogP contribution in [0.3, 0.4) is 0 Å². The number of likely N-dealkylation sites (N-methyl/N-ethyl adjacent to an activating group) is 1. The zero-order valence-electron chi connectivity index (χ0n) is 14.7. The van der Waals surface area contributed by atoms with Crippen LogP contribution in [0.15, 0.2) is 36.4 Å². The zero-order chi connectivity index (χ0) is 17.1. The lowest BCUT2D eigenvalue weighted by atomic mass is 9.90. The lowest BCUT2D eigenvalue weighted by Gasteiger charge is -2.25. The molecule has 0 saturated heterocycles. The van der Waals surface area contributed by atoms with Crippen LogP contribution in [0.4, 0.5) is 0 Å². The number of fused-ring (bicyclic) bond motifs is 1. The minimum Gasteiger partial charge on any atom is -0.349 e. The van der Waals surface area contributed by atoms with E-state index in [1.807, 2.05) is 18.2 Å². The average Bonchev–Trinajstić information content (AvgIpc) is 2.98. The summed E-state index contributed by atoms with van der Waals surface area (Å²) in [6.07, 6.45) is 3.48. The molecule has 2 aromatic rings. The second-order valence-corrected chi connectivity index (χ2v) is 8.14. The number of hydrogen-bond donors (Lipinski definition) is 1. The maximum Gasteiger partial charge on any atom is 0.261 e. The van der Waals surface area contributed by atoms with E-state index in [0.29, 0.717) is 6.54 Å². The molecule has 1 aromatic carbocycles. The van der Waals surface area contributed by atoms with E-state index in [4.69, 9.17) is 0 Å². The maximum atomic E-state index is 12.6. The van der Waals surface area contributed by atoms with Crippen molar-refractivity contribution in [1.82, 2.24) is 10.2 Å². The third-order valence-electron chi connectivity index (χ3n) is 4.82. The predicted molar refractivity (Wildman–Crippen MR) is 101 cm³/mol. The Labute approximate surface area is 148 Å². The van der Waals surface area contributed by atoms with Crippen LogP contribution >= 0.6 is 11.3 Å². The Hall–Kier alpha value is -1.65. The fraction of sp³-hybridized carbons (Fsp3) is 0.450. The topological polar surface area (TPSA) is 32.3 Å². The van der Waals surface area contributed by atoms with Crippen LogP contribution in [0, 0.1) is 5.92 Å². The van der Waals surface area contributed by atoms with Gasteiger partial charge in [0.1, 0.15) is 0 Å². The quantitative estimate of drug-likeness (QED) is 0.893. The number of hydrogen-bond acceptors (Lipinski definition) is 3. The van der Waals surface area contributed by atoms with Crippen molar-refractivity contribution in [3.05, 3.63) is 57.3 Å². The molecular weight excluding hydrogens is 316 g/mol. The Kier molecular flexibility index (Phi) is 5.36. The van der Waals surface area contributed by atoms with E-state index in [2.05, 4.69) is 49.4 Å². The first-order valence-electron chi connectivity index (χ1n) is 8.65. The maximum absolute atomic E-state index is 12.6. The summed E-state index contributed by atoms with van der Waals surface area (Å²) in [6, 6.07) is 12.6. The highest BCUT2D eigenvalue weighted by atomic mass is 32.1. The molecule has 2 atom stereocenters. The monoisotopic (exact) mass is 342 g/mol. The second-order valence-electron chi connectivity index (χ2n) is 7.01. The molecule has 0 saturated carbocycles. The minimum absolute atomic E-state index is 0.0600. The number of aryl methyl sites for hydroxylation is 1. The van der Waals surface area contributed by atoms with E-state index < -0.39 is 0 Å². The van der Waals surface area contributed by atoms with Gasteiger partial charge in [0.2, 0.25) is 0 Å². The number of benzene rings is 1. The van der Waals surface area contributed by atoms with Gasteiger partial charge in [0, 0.05) is 11.4 Å². The molecule has 1 N–H and O–H groups in total. The first-order chi connectivity index (χ1) is 11.5. The molecule has 128 valence electrons. The van der Waals surface area contributed by atoms with Crippen LogP contribution < -0.4 is 5.32 Å². The van der Waals surface area contributed by atoms with Gasteiger partial charge in [0.05, 0.1) is 10.9 Å². The molecule has 3 nitrogen and oxygen atoms in total. The van der Waals surface area contributed by atoms with E-state index in [-0.39, 0.29) is 11.9 Å². The third kappa shape index (κ3) is 3.87. The first kappa shape index (κ1) is 17.2. The van der Waals surface area contributed by atoms with Gasteiger partial charge in [0.25, 0.3) is 5.91 Å². The molecule has 0 bridgehead atoms. The van der Waals surface area contributed by atoms with Crippen LogP contribution in [0.2, 0.25) is 0 Å². The molecule has 24 heavy (non-hydrogen) atoms. The Morgan fingerprint density at radius 3 is 2.79 bits per heavy atom. The molecule has 1 aromatic heterocycles. The predicted octanol–water partition coefficient (Wildman–Crippen LogP) is 3.91. The van der Waals surface area contributed by atoms with E-state index in [1.54, 1.807) is 11.3 Å². The summed E-state index contributed by atoms with van der Waals surface area (Å²) in [5.41, 5.74) is 2.61. The summed E-state index contributed by atoms with van der Waals surface area (Å²) in [6.45, 7) is 2.91. The van der Waals surface area contributed by atoms with E-state index >= 15 is 0 Å². The summed E-state index contributed by atoms with van der Waals surface area (Å²) >= 11 is 1.68. The van der Waals surface area contributed by atoms with Gasteiger partial charge in [-0.15, -0.1) is 11.3 Å². The van der Waals surface area contributed by atoms with Crippen molar-refractivity contribution in [3.63, 3.8) is 0 Å². The van der Waals surface area contributed by atoms with Gasteiger partial charge in [-0.25, -0.2) is 0 Å². The highest BCUT2D eigenvalue weighted by molar-refractivity contribution is 7.14. The number of carbonyl (C=O) groups excluding carboxylic acids is 1. The summed E-state index contributed by atoms with van der Waals surface area (Å²) in [7, 11) is 4.10. The second kappa shape index (κ2) is 7.49. The average molecular weight is 343 g/mol. The minimum atomic E-state index is 0.0600. The molecule has 1 amide bonds. The highest BCUT2D eigenvalue weighted by Crippen LogP contribution is 2.32. The normalized spacial score (nSPS) is 18.2. The smallest absolute Gasteiger partial charge is 0.261 e. The van der Waals surface area contributed by atoms with Crippen LogP contribution in [0.1, 0.15) is 45.1 Å². The van der Waals surface area contributed by atoms with Crippen molar-refractivity contribution < 1.29 is 4.79 Å². The largest absolute Gasteiger partial charge is 0.349 e. The SMILES string of the molecule is C[C@H]1CCc2sc(C(=O)NC[C@@H](c3ccccc3)N(C)C)cc2C1. The molecule has 3 rings (SSSR count). The van der Waals surface area contributed by atoms with Crippen molar-refractivity contribution in [2.24, 2.45) is 5.92 Å². The molecular formula is C20H26N2OS. The molecule has 1 aliphatic carbocycles. The summed E-state index contributed by atoms with van der Waals surface area (Å²) in [4.78, 5) is 17.0. The van der Waals surface area contributed by atoms with Gasteiger partial charge in [-0.05, 0) is 56.5 Å². The van der Waals surface area contributed by atoms with E-state index in [1.165, 1.54) is 22.4 Å². The molecule has 4 heteroatoms. The number of carbonyl (C=O) groups is 1. The fourth-order valence-electron chi connectivity index (χ4n) is 3.37. The highest BCUT2D eigenvalue weighted by Gasteiger charge is 2.21. The van der Waals surface area contributed by atoms with Crippen molar-refractivity contribution >= 4 is 17.2 Å². The molecule has 0 spiro atoms. The number of rotatable bonds is 5. The van der Waals surface area contributed by atoms with Gasteiger partial charge in [-0.3, -0.25) is 4.79 Å². The lowest BCUT2D eigenvalue weighted by Crippen LogP contribution is -2.34. The molecule has 1 heterocycles. The van der Waals surface area contributed by atoms with Gasteiger partial charge in [-0.2, -0.15) is 0 Å². The number of amides is 1. The Morgan fingerprint density at radius 2 is 2.08 bits per heavy atom. The van der Waals surface area contributed by atoms with Gasteiger partial charge in [-0.1, -0.05) is 37.3 Å². The first-order valence-corrected chi connectivity index (χ1v) is 9.47. The number of nitrogens with one attached hydrogen (secondary N) is 1. The molecule has 0 aliphatic heterocycles. The Morgan fingerprint density at radius 1 is 1.33 bits per heavy atom. The number of thiophene rings is 1. The van der Waals surface area contributed by atoms with Crippen LogP contribution in [0.25, 0.3) is 0 Å². The summed E-state index contributed by atoms with van der Waals surface area (Å²) in [5.74, 6) is 0.795. The Balaban J connectivity index is 1.66. The fourth-order valence-corrected chi connectivity index (χ4v) is 4.49. The standard InChI is InChI=1S/C20H26N2OS/c1-14-9-10-18-16(11-14)12-19(24-18)20(23)21-13-17(22(2)3)15-7-5-4-6-8-15/h4-8,12,14,17H,9-11,13H2,1-3H3,(H,21,23)/t14-,17-/m0/s1. The molecule has 0 radical (unpaired) electrons. The van der Waals surface area contributed by atoms with Crippen molar-refractivity contribution in [2.75, 3.05) is 20.6 Å². The van der Waals surface area contributed by atoms with Gasteiger partial charge >= 0.3 is 0 Å². The molecule has 1 aliphatic rings. The van der Waals surface area contributed by atoms with Crippen LogP contribution in [0.5, 0.6) is 0 Å². The molecule has 0 fully saturated rings. The zero-order valence-corrected chi connectivity index (χ0v) is 15.5. The number of nitrogens with zero attached hydrogens (tertiary/aromatic N) is 1. The van der Waals surface area contributed by atoms with Crippen molar-refractivity contribution in [1.29, 1.82) is 0 Å². The van der Waals surface area contributed by atoms with E-state index in [0.717, 1.165) is 23.6 Å². The summed E-state index contributed by atoms with van der Waals surface area (Å²) in [5, 5.41) is 3.13. The van der Waals surface area contributed by atoms with E-state index in [9.17, 15) is 4.79 Å². The lowest BCUT2D eigenvalue weighted by molar-refractivity contribution is 0.0946. The Bertz CT molecular complexity index is 693. The van der Waals surface area contributed by atoms with Gasteiger partial charge in [0.15, 0.2) is 0 Å². The van der Waals surface area contributed by atoms with Gasteiger partial charge < -0.3 is 10.2 Å². The summed E-state index contributed by atoms with van der Waals surface area (Å²) < 4.78 is 0. The third-order valence-corrected chi connectivity index (χ3v) is 6.05. The van der Waals surface area contributed by atoms with Crippen LogP contribution in [-0.2, 0) is 12.8 Å². The van der Waals surface area contributed by atoms with Crippen LogP contribution in [-0.4, -0.2) is 31.4 Å². The van der Waals surface area contributed by atoms with Crippen molar-refractivity contribution in [2.45, 2.75) is 32.2 Å².